The van der Waals surface area contributed by atoms with Gasteiger partial charge in [-0.15, -0.1) is 0 Å². The molecule has 108 valence electrons. The van der Waals surface area contributed by atoms with Crippen molar-refractivity contribution in [2.75, 3.05) is 7.05 Å². The third kappa shape index (κ3) is 3.45. The molecule has 0 saturated heterocycles. The van der Waals surface area contributed by atoms with Crippen molar-refractivity contribution in [3.63, 3.8) is 0 Å². The quantitative estimate of drug-likeness (QED) is 0.687. The summed E-state index contributed by atoms with van der Waals surface area (Å²) in [6, 6.07) is 9.02. The predicted molar refractivity (Wildman–Crippen MR) is 81.7 cm³/mol. The van der Waals surface area contributed by atoms with Crippen molar-refractivity contribution in [1.82, 2.24) is 15.1 Å². The molecule has 0 aliphatic carbocycles. The summed E-state index contributed by atoms with van der Waals surface area (Å²) in [6.45, 7) is 3.72. The summed E-state index contributed by atoms with van der Waals surface area (Å²) in [5.74, 6) is -0.408. The summed E-state index contributed by atoms with van der Waals surface area (Å²) in [5.41, 5.74) is 2.08. The number of carbonyl (C=O) groups excluding carboxylic acids is 1. The molecule has 1 aromatic carbocycles. The molecule has 1 N–H and O–H groups in total. The maximum atomic E-state index is 12.1. The fourth-order valence-electron chi connectivity index (χ4n) is 1.83. The summed E-state index contributed by atoms with van der Waals surface area (Å²) in [4.78, 5) is 23.9. The van der Waals surface area contributed by atoms with Crippen LogP contribution in [0.5, 0.6) is 0 Å². The zero-order valence-corrected chi connectivity index (χ0v) is 12.3. The van der Waals surface area contributed by atoms with Crippen LogP contribution >= 0.6 is 0 Å². The number of aryl methyl sites for hydroxylation is 1. The fourth-order valence-corrected chi connectivity index (χ4v) is 1.83. The van der Waals surface area contributed by atoms with E-state index in [0.29, 0.717) is 5.70 Å². The molecule has 0 bridgehead atoms. The van der Waals surface area contributed by atoms with Gasteiger partial charge in [-0.3, -0.25) is 9.59 Å². The van der Waals surface area contributed by atoms with Gasteiger partial charge in [0.05, 0.1) is 5.69 Å². The first-order valence-corrected chi connectivity index (χ1v) is 6.58. The van der Waals surface area contributed by atoms with Crippen molar-refractivity contribution >= 4 is 5.78 Å². The van der Waals surface area contributed by atoms with Gasteiger partial charge in [0.15, 0.2) is 5.69 Å². The highest BCUT2D eigenvalue weighted by Crippen LogP contribution is 2.08. The minimum absolute atomic E-state index is 0.0893. The smallest absolute Gasteiger partial charge is 0.211 e. The average molecular weight is 283 g/mol. The van der Waals surface area contributed by atoms with Gasteiger partial charge >= 0.3 is 0 Å². The van der Waals surface area contributed by atoms with Gasteiger partial charge < -0.3 is 5.32 Å². The van der Waals surface area contributed by atoms with E-state index < -0.39 is 5.78 Å². The third-order valence-electron chi connectivity index (χ3n) is 3.05. The Kier molecular flexibility index (Phi) is 4.33. The lowest BCUT2D eigenvalue weighted by Crippen LogP contribution is -2.20. The lowest BCUT2D eigenvalue weighted by molar-refractivity contribution is 0.103. The summed E-state index contributed by atoms with van der Waals surface area (Å²) < 4.78 is 1.53. The second-order valence-corrected chi connectivity index (χ2v) is 4.75. The van der Waals surface area contributed by atoms with Crippen LogP contribution in [0.1, 0.15) is 23.0 Å². The molecule has 0 amide bonds. The number of hydrogen-bond donors (Lipinski definition) is 1. The Hall–Kier alpha value is -2.69. The minimum Gasteiger partial charge on any atom is -0.392 e. The number of nitrogens with zero attached hydrogens (tertiary/aromatic N) is 2. The van der Waals surface area contributed by atoms with Gasteiger partial charge in [-0.1, -0.05) is 12.1 Å². The van der Waals surface area contributed by atoms with Crippen LogP contribution in [0.4, 0.5) is 0 Å². The highest BCUT2D eigenvalue weighted by Gasteiger charge is 2.11. The molecule has 0 unspecified atom stereocenters. The Balaban J connectivity index is 2.47. The molecule has 1 aromatic heterocycles. The number of hydrogen-bond acceptors (Lipinski definition) is 4. The fraction of sp³-hybridized carbons (Fsp3) is 0.188. The number of aromatic nitrogens is 2. The molecule has 2 aromatic rings. The molecular weight excluding hydrogens is 266 g/mol. The second-order valence-electron chi connectivity index (χ2n) is 4.75. The lowest BCUT2D eigenvalue weighted by atomic mass is 10.2. The Morgan fingerprint density at radius 3 is 2.76 bits per heavy atom. The molecule has 0 aliphatic heterocycles. The molecule has 0 saturated carbocycles. The van der Waals surface area contributed by atoms with Crippen molar-refractivity contribution in [2.24, 2.45) is 0 Å². The molecule has 2 rings (SSSR count). The van der Waals surface area contributed by atoms with Crippen molar-refractivity contribution in [3.05, 3.63) is 69.8 Å². The monoisotopic (exact) mass is 283 g/mol. The zero-order valence-electron chi connectivity index (χ0n) is 12.3. The van der Waals surface area contributed by atoms with E-state index in [0.717, 1.165) is 11.3 Å². The van der Waals surface area contributed by atoms with Gasteiger partial charge in [-0.05, 0) is 31.5 Å². The Morgan fingerprint density at radius 2 is 2.10 bits per heavy atom. The van der Waals surface area contributed by atoms with E-state index in [2.05, 4.69) is 10.4 Å². The van der Waals surface area contributed by atoms with E-state index >= 15 is 0 Å². The van der Waals surface area contributed by atoms with E-state index in [1.807, 2.05) is 31.2 Å². The van der Waals surface area contributed by atoms with Crippen LogP contribution in [0.25, 0.3) is 5.69 Å². The van der Waals surface area contributed by atoms with Gasteiger partial charge in [0, 0.05) is 31.1 Å². The Labute approximate surface area is 122 Å². The third-order valence-corrected chi connectivity index (χ3v) is 3.05. The molecule has 0 atom stereocenters. The van der Waals surface area contributed by atoms with E-state index in [4.69, 9.17) is 0 Å². The number of carbonyl (C=O) groups is 1. The number of benzene rings is 1. The highest BCUT2D eigenvalue weighted by molar-refractivity contribution is 6.03. The van der Waals surface area contributed by atoms with E-state index in [-0.39, 0.29) is 11.1 Å². The van der Waals surface area contributed by atoms with Crippen LogP contribution in [0.15, 0.2) is 53.1 Å². The van der Waals surface area contributed by atoms with Crippen LogP contribution in [0, 0.1) is 6.92 Å². The SMILES string of the molecule is CN/C(C)=C/C(=O)c1nn(-c2cccc(C)c2)ccc1=O. The number of ketones is 1. The molecule has 0 radical (unpaired) electrons. The minimum atomic E-state index is -0.408. The van der Waals surface area contributed by atoms with Crippen molar-refractivity contribution < 1.29 is 4.79 Å². The summed E-state index contributed by atoms with van der Waals surface area (Å²) in [6.07, 6.45) is 2.92. The van der Waals surface area contributed by atoms with E-state index in [1.54, 1.807) is 20.2 Å². The molecule has 0 fully saturated rings. The number of allylic oxidation sites excluding steroid dienone is 2. The van der Waals surface area contributed by atoms with Crippen LogP contribution in [0.3, 0.4) is 0 Å². The Bertz CT molecular complexity index is 760. The van der Waals surface area contributed by atoms with Gasteiger partial charge in [-0.2, -0.15) is 5.10 Å². The first kappa shape index (κ1) is 14.7. The lowest BCUT2D eigenvalue weighted by Gasteiger charge is -2.07. The van der Waals surface area contributed by atoms with Crippen molar-refractivity contribution in [3.8, 4) is 5.69 Å². The summed E-state index contributed by atoms with van der Waals surface area (Å²) >= 11 is 0. The Morgan fingerprint density at radius 1 is 1.33 bits per heavy atom. The van der Waals surface area contributed by atoms with Gasteiger partial charge in [0.25, 0.3) is 0 Å². The summed E-state index contributed by atoms with van der Waals surface area (Å²) in [5, 5.41) is 7.00. The standard InChI is InChI=1S/C16H17N3O2/c1-11-5-4-6-13(9-11)19-8-7-14(20)16(18-19)15(21)10-12(2)17-3/h4-10,17H,1-3H3/b12-10+. The van der Waals surface area contributed by atoms with Gasteiger partial charge in [0.1, 0.15) is 0 Å². The molecule has 1 heterocycles. The first-order chi connectivity index (χ1) is 10.0. The van der Waals surface area contributed by atoms with Crippen LogP contribution < -0.4 is 10.7 Å². The van der Waals surface area contributed by atoms with Crippen molar-refractivity contribution in [1.29, 1.82) is 0 Å². The summed E-state index contributed by atoms with van der Waals surface area (Å²) in [7, 11) is 1.71. The predicted octanol–water partition coefficient (Wildman–Crippen LogP) is 1.85. The molecule has 5 nitrogen and oxygen atoms in total. The maximum absolute atomic E-state index is 12.1. The second kappa shape index (κ2) is 6.17. The molecular formula is C16H17N3O2. The molecule has 0 aliphatic rings. The molecule has 5 heteroatoms. The van der Waals surface area contributed by atoms with Crippen molar-refractivity contribution in [2.45, 2.75) is 13.8 Å². The van der Waals surface area contributed by atoms with Crippen LogP contribution in [-0.4, -0.2) is 22.6 Å². The van der Waals surface area contributed by atoms with E-state index in [1.165, 1.54) is 16.8 Å². The zero-order chi connectivity index (χ0) is 15.4. The van der Waals surface area contributed by atoms with Crippen LogP contribution in [0.2, 0.25) is 0 Å². The topological polar surface area (TPSA) is 64.0 Å². The van der Waals surface area contributed by atoms with Crippen LogP contribution in [-0.2, 0) is 0 Å². The molecule has 21 heavy (non-hydrogen) atoms. The largest absolute Gasteiger partial charge is 0.392 e. The average Bonchev–Trinajstić information content (AvgIpc) is 2.47. The van der Waals surface area contributed by atoms with Gasteiger partial charge in [-0.25, -0.2) is 4.68 Å². The molecule has 0 spiro atoms. The first-order valence-electron chi connectivity index (χ1n) is 6.58. The van der Waals surface area contributed by atoms with E-state index in [9.17, 15) is 9.59 Å². The maximum Gasteiger partial charge on any atom is 0.211 e. The number of rotatable bonds is 4. The highest BCUT2D eigenvalue weighted by atomic mass is 16.1. The normalized spacial score (nSPS) is 11.3. The number of nitrogens with one attached hydrogen (secondary N) is 1. The van der Waals surface area contributed by atoms with Gasteiger partial charge in [0.2, 0.25) is 11.2 Å².